The second-order valence-electron chi connectivity index (χ2n) is 5.11. The third-order valence-corrected chi connectivity index (χ3v) is 3.80. The van der Waals surface area contributed by atoms with Gasteiger partial charge in [0.25, 0.3) is 5.91 Å². The molecule has 1 heterocycles. The van der Waals surface area contributed by atoms with Crippen molar-refractivity contribution in [2.24, 2.45) is 0 Å². The maximum atomic E-state index is 12.4. The standard InChI is InChI=1S/C14H22ClN3O/c1-6-14(3,4)18(5)13(19)10-8-11(15)12(16-7-2)17-9-10/h8-9H,6-7H2,1-5H3,(H,16,17). The maximum absolute atomic E-state index is 12.4. The van der Waals surface area contributed by atoms with E-state index in [-0.39, 0.29) is 11.4 Å². The van der Waals surface area contributed by atoms with E-state index >= 15 is 0 Å². The lowest BCUT2D eigenvalue weighted by molar-refractivity contribution is 0.0620. The first-order chi connectivity index (χ1) is 8.83. The first kappa shape index (κ1) is 15.8. The third-order valence-electron chi connectivity index (χ3n) is 3.51. The minimum Gasteiger partial charge on any atom is -0.369 e. The van der Waals surface area contributed by atoms with Crippen molar-refractivity contribution in [3.8, 4) is 0 Å². The quantitative estimate of drug-likeness (QED) is 0.900. The second-order valence-corrected chi connectivity index (χ2v) is 5.52. The largest absolute Gasteiger partial charge is 0.369 e. The lowest BCUT2D eigenvalue weighted by Gasteiger charge is -2.34. The van der Waals surface area contributed by atoms with Crippen LogP contribution in [0.1, 0.15) is 44.5 Å². The van der Waals surface area contributed by atoms with E-state index in [0.29, 0.717) is 16.4 Å². The number of aromatic nitrogens is 1. The molecule has 1 aromatic heterocycles. The molecule has 0 aliphatic carbocycles. The molecule has 1 N–H and O–H groups in total. The van der Waals surface area contributed by atoms with Crippen LogP contribution in [-0.4, -0.2) is 34.9 Å². The number of nitrogens with zero attached hydrogens (tertiary/aromatic N) is 2. The minimum absolute atomic E-state index is 0.0655. The zero-order chi connectivity index (χ0) is 14.6. The molecule has 106 valence electrons. The molecule has 0 saturated carbocycles. The van der Waals surface area contributed by atoms with E-state index in [0.717, 1.165) is 13.0 Å². The van der Waals surface area contributed by atoms with E-state index in [9.17, 15) is 4.79 Å². The Balaban J connectivity index is 2.98. The van der Waals surface area contributed by atoms with Crippen molar-refractivity contribution in [2.45, 2.75) is 39.7 Å². The highest BCUT2D eigenvalue weighted by Gasteiger charge is 2.26. The van der Waals surface area contributed by atoms with Crippen LogP contribution < -0.4 is 5.32 Å². The number of rotatable bonds is 5. The number of hydrogen-bond donors (Lipinski definition) is 1. The Morgan fingerprint density at radius 2 is 2.11 bits per heavy atom. The molecular formula is C14H22ClN3O. The van der Waals surface area contributed by atoms with Gasteiger partial charge in [-0.15, -0.1) is 0 Å². The number of pyridine rings is 1. The predicted molar refractivity (Wildman–Crippen MR) is 79.9 cm³/mol. The molecule has 0 atom stereocenters. The minimum atomic E-state index is -0.191. The van der Waals surface area contributed by atoms with Crippen molar-refractivity contribution in [1.82, 2.24) is 9.88 Å². The molecule has 0 fully saturated rings. The molecule has 5 heteroatoms. The van der Waals surface area contributed by atoms with E-state index in [1.165, 1.54) is 0 Å². The van der Waals surface area contributed by atoms with Crippen LogP contribution in [0.15, 0.2) is 12.3 Å². The first-order valence-corrected chi connectivity index (χ1v) is 6.88. The lowest BCUT2D eigenvalue weighted by atomic mass is 9.99. The highest BCUT2D eigenvalue weighted by atomic mass is 35.5. The van der Waals surface area contributed by atoms with Gasteiger partial charge >= 0.3 is 0 Å². The number of hydrogen-bond acceptors (Lipinski definition) is 3. The molecule has 19 heavy (non-hydrogen) atoms. The van der Waals surface area contributed by atoms with Gasteiger partial charge in [-0.25, -0.2) is 4.98 Å². The summed E-state index contributed by atoms with van der Waals surface area (Å²) in [7, 11) is 1.80. The predicted octanol–water partition coefficient (Wildman–Crippen LogP) is 3.43. The Kier molecular flexibility index (Phi) is 5.18. The van der Waals surface area contributed by atoms with E-state index in [4.69, 9.17) is 11.6 Å². The Hall–Kier alpha value is -1.29. The van der Waals surface area contributed by atoms with Crippen molar-refractivity contribution >= 4 is 23.3 Å². The average molecular weight is 284 g/mol. The average Bonchev–Trinajstić information content (AvgIpc) is 2.39. The SMILES string of the molecule is CCNc1ncc(C(=O)N(C)C(C)(C)CC)cc1Cl. The molecule has 1 rings (SSSR count). The number of nitrogens with one attached hydrogen (secondary N) is 1. The lowest BCUT2D eigenvalue weighted by Crippen LogP contribution is -2.44. The fourth-order valence-electron chi connectivity index (χ4n) is 1.56. The van der Waals surface area contributed by atoms with Crippen molar-refractivity contribution in [3.63, 3.8) is 0 Å². The van der Waals surface area contributed by atoms with Crippen molar-refractivity contribution in [2.75, 3.05) is 18.9 Å². The summed E-state index contributed by atoms with van der Waals surface area (Å²) in [5.41, 5.74) is 0.319. The molecule has 0 aromatic carbocycles. The molecule has 0 aliphatic heterocycles. The summed E-state index contributed by atoms with van der Waals surface area (Å²) in [5.74, 6) is 0.544. The smallest absolute Gasteiger partial charge is 0.255 e. The molecule has 0 unspecified atom stereocenters. The molecule has 1 amide bonds. The zero-order valence-electron chi connectivity index (χ0n) is 12.2. The van der Waals surface area contributed by atoms with E-state index < -0.39 is 0 Å². The maximum Gasteiger partial charge on any atom is 0.255 e. The highest BCUT2D eigenvalue weighted by molar-refractivity contribution is 6.33. The zero-order valence-corrected chi connectivity index (χ0v) is 13.0. The topological polar surface area (TPSA) is 45.2 Å². The third kappa shape index (κ3) is 3.60. The number of amides is 1. The summed E-state index contributed by atoms with van der Waals surface area (Å²) in [6.07, 6.45) is 2.44. The number of anilines is 1. The van der Waals surface area contributed by atoms with Crippen LogP contribution in [0.2, 0.25) is 5.02 Å². The number of halogens is 1. The fraction of sp³-hybridized carbons (Fsp3) is 0.571. The van der Waals surface area contributed by atoms with Gasteiger partial charge in [-0.3, -0.25) is 4.79 Å². The van der Waals surface area contributed by atoms with Crippen LogP contribution in [0.4, 0.5) is 5.82 Å². The van der Waals surface area contributed by atoms with Gasteiger partial charge in [0.05, 0.1) is 10.6 Å². The van der Waals surface area contributed by atoms with Crippen LogP contribution in [0, 0.1) is 0 Å². The van der Waals surface area contributed by atoms with E-state index in [1.807, 2.05) is 20.8 Å². The van der Waals surface area contributed by atoms with Gasteiger partial charge in [0.2, 0.25) is 0 Å². The monoisotopic (exact) mass is 283 g/mol. The van der Waals surface area contributed by atoms with Crippen LogP contribution in [-0.2, 0) is 0 Å². The molecule has 1 aromatic rings. The van der Waals surface area contributed by atoms with Gasteiger partial charge in [-0.1, -0.05) is 18.5 Å². The van der Waals surface area contributed by atoms with Crippen LogP contribution in [0.5, 0.6) is 0 Å². The Morgan fingerprint density at radius 1 is 1.47 bits per heavy atom. The van der Waals surface area contributed by atoms with E-state index in [2.05, 4.69) is 17.2 Å². The summed E-state index contributed by atoms with van der Waals surface area (Å²) in [6, 6.07) is 1.66. The second kappa shape index (κ2) is 6.24. The molecule has 4 nitrogen and oxygen atoms in total. The van der Waals surface area contributed by atoms with Crippen LogP contribution in [0.25, 0.3) is 0 Å². The Bertz CT molecular complexity index is 460. The van der Waals surface area contributed by atoms with Gasteiger partial charge in [0, 0.05) is 25.3 Å². The Morgan fingerprint density at radius 3 is 2.58 bits per heavy atom. The van der Waals surface area contributed by atoms with Crippen molar-refractivity contribution in [1.29, 1.82) is 0 Å². The molecule has 0 saturated heterocycles. The summed E-state index contributed by atoms with van der Waals surface area (Å²) in [4.78, 5) is 18.3. The summed E-state index contributed by atoms with van der Waals surface area (Å²) < 4.78 is 0. The Labute approximate surface area is 120 Å². The summed E-state index contributed by atoms with van der Waals surface area (Å²) in [5, 5.41) is 3.51. The van der Waals surface area contributed by atoms with Crippen LogP contribution in [0.3, 0.4) is 0 Å². The molecule has 0 bridgehead atoms. The van der Waals surface area contributed by atoms with Crippen molar-refractivity contribution in [3.05, 3.63) is 22.8 Å². The van der Waals surface area contributed by atoms with Gasteiger partial charge in [-0.05, 0) is 33.3 Å². The number of carbonyl (C=O) groups is 1. The normalized spacial score (nSPS) is 11.3. The van der Waals surface area contributed by atoms with Gasteiger partial charge in [-0.2, -0.15) is 0 Å². The van der Waals surface area contributed by atoms with Gasteiger partial charge in [0.1, 0.15) is 5.82 Å². The number of carbonyl (C=O) groups excluding carboxylic acids is 1. The van der Waals surface area contributed by atoms with Crippen molar-refractivity contribution < 1.29 is 4.79 Å². The fourth-order valence-corrected chi connectivity index (χ4v) is 1.79. The first-order valence-electron chi connectivity index (χ1n) is 6.51. The summed E-state index contributed by atoms with van der Waals surface area (Å²) >= 11 is 6.11. The summed E-state index contributed by atoms with van der Waals surface area (Å²) in [6.45, 7) is 8.83. The molecular weight excluding hydrogens is 262 g/mol. The highest BCUT2D eigenvalue weighted by Crippen LogP contribution is 2.23. The van der Waals surface area contributed by atoms with Gasteiger partial charge < -0.3 is 10.2 Å². The molecule has 0 aliphatic rings. The van der Waals surface area contributed by atoms with E-state index in [1.54, 1.807) is 24.2 Å². The van der Waals surface area contributed by atoms with Gasteiger partial charge in [0.15, 0.2) is 0 Å². The molecule has 0 radical (unpaired) electrons. The molecule has 0 spiro atoms. The van der Waals surface area contributed by atoms with Crippen LogP contribution >= 0.6 is 11.6 Å².